The Labute approximate surface area is 117 Å². The number of halogens is 1. The van der Waals surface area contributed by atoms with E-state index in [4.69, 9.17) is 16.3 Å². The van der Waals surface area contributed by atoms with Gasteiger partial charge in [-0.05, 0) is 26.7 Å². The molecule has 1 aliphatic heterocycles. The van der Waals surface area contributed by atoms with Crippen LogP contribution in [0.1, 0.15) is 40.5 Å². The number of alkyl halides is 1. The lowest BCUT2D eigenvalue weighted by Gasteiger charge is -2.38. The first-order valence-electron chi connectivity index (χ1n) is 7.23. The van der Waals surface area contributed by atoms with Crippen LogP contribution in [0.4, 0.5) is 0 Å². The molecule has 0 bridgehead atoms. The van der Waals surface area contributed by atoms with Gasteiger partial charge in [-0.2, -0.15) is 0 Å². The third-order valence-corrected chi connectivity index (χ3v) is 4.73. The maximum absolute atomic E-state index is 6.11. The van der Waals surface area contributed by atoms with Crippen LogP contribution in [0.25, 0.3) is 0 Å². The zero-order chi connectivity index (χ0) is 13.6. The van der Waals surface area contributed by atoms with Crippen molar-refractivity contribution in [2.24, 2.45) is 0 Å². The molecule has 1 atom stereocenters. The molecule has 4 heteroatoms. The lowest BCUT2D eigenvalue weighted by atomic mass is 9.95. The molecule has 1 N–H and O–H groups in total. The highest BCUT2D eigenvalue weighted by Gasteiger charge is 2.28. The van der Waals surface area contributed by atoms with Crippen molar-refractivity contribution >= 4 is 11.6 Å². The second-order valence-electron chi connectivity index (χ2n) is 5.58. The minimum absolute atomic E-state index is 0.0744. The molecule has 0 amide bonds. The van der Waals surface area contributed by atoms with E-state index in [1.165, 1.54) is 0 Å². The molecule has 18 heavy (non-hydrogen) atoms. The Balaban J connectivity index is 2.42. The maximum atomic E-state index is 6.11. The Morgan fingerprint density at radius 1 is 1.39 bits per heavy atom. The summed E-state index contributed by atoms with van der Waals surface area (Å²) in [5.74, 6) is 0.667. The molecule has 1 saturated heterocycles. The Hall–Kier alpha value is 0.170. The van der Waals surface area contributed by atoms with Gasteiger partial charge in [0, 0.05) is 37.1 Å². The molecular formula is C14H29ClN2O. The quantitative estimate of drug-likeness (QED) is 0.723. The molecule has 0 saturated carbocycles. The normalized spacial score (nSPS) is 22.7. The molecular weight excluding hydrogens is 248 g/mol. The van der Waals surface area contributed by atoms with E-state index in [1.54, 1.807) is 0 Å². The van der Waals surface area contributed by atoms with Gasteiger partial charge in [-0.15, -0.1) is 11.6 Å². The summed E-state index contributed by atoms with van der Waals surface area (Å²) in [6.07, 6.45) is 2.42. The number of nitrogens with zero attached hydrogens (tertiary/aromatic N) is 1. The van der Waals surface area contributed by atoms with Gasteiger partial charge >= 0.3 is 0 Å². The molecule has 1 aliphatic rings. The number of morpholine rings is 1. The third-order valence-electron chi connectivity index (χ3n) is 4.21. The SMILES string of the molecule is CCC(CC)(CCl)NCC1CN(C(C)C)CCO1. The molecule has 0 spiro atoms. The summed E-state index contributed by atoms with van der Waals surface area (Å²) in [7, 11) is 0. The van der Waals surface area contributed by atoms with Crippen LogP contribution in [0, 0.1) is 0 Å². The fraction of sp³-hybridized carbons (Fsp3) is 1.00. The predicted molar refractivity (Wildman–Crippen MR) is 78.5 cm³/mol. The predicted octanol–water partition coefficient (Wildman–Crippen LogP) is 2.48. The molecule has 0 aromatic carbocycles. The van der Waals surface area contributed by atoms with Gasteiger partial charge in [-0.1, -0.05) is 13.8 Å². The molecule has 0 aliphatic carbocycles. The van der Waals surface area contributed by atoms with Gasteiger partial charge in [-0.25, -0.2) is 0 Å². The first-order chi connectivity index (χ1) is 8.56. The van der Waals surface area contributed by atoms with E-state index in [2.05, 4.69) is 37.9 Å². The van der Waals surface area contributed by atoms with E-state index in [1.807, 2.05) is 0 Å². The second-order valence-corrected chi connectivity index (χ2v) is 5.85. The summed E-state index contributed by atoms with van der Waals surface area (Å²) >= 11 is 6.11. The Kier molecular flexibility index (Phi) is 6.93. The molecule has 1 unspecified atom stereocenters. The smallest absolute Gasteiger partial charge is 0.0827 e. The van der Waals surface area contributed by atoms with Crippen molar-refractivity contribution in [1.82, 2.24) is 10.2 Å². The van der Waals surface area contributed by atoms with Gasteiger partial charge < -0.3 is 10.1 Å². The van der Waals surface area contributed by atoms with Crippen molar-refractivity contribution in [3.05, 3.63) is 0 Å². The van der Waals surface area contributed by atoms with Crippen molar-refractivity contribution in [3.8, 4) is 0 Å². The van der Waals surface area contributed by atoms with Gasteiger partial charge in [0.25, 0.3) is 0 Å². The van der Waals surface area contributed by atoms with Crippen molar-refractivity contribution in [2.75, 3.05) is 32.1 Å². The first kappa shape index (κ1) is 16.2. The lowest BCUT2D eigenvalue weighted by Crippen LogP contribution is -2.54. The monoisotopic (exact) mass is 276 g/mol. The van der Waals surface area contributed by atoms with Crippen LogP contribution in [-0.4, -0.2) is 54.7 Å². The summed E-state index contributed by atoms with van der Waals surface area (Å²) in [5, 5.41) is 3.63. The Bertz CT molecular complexity index is 224. The first-order valence-corrected chi connectivity index (χ1v) is 7.77. The average Bonchev–Trinajstić information content (AvgIpc) is 2.41. The summed E-state index contributed by atoms with van der Waals surface area (Å²) in [5.41, 5.74) is 0.0744. The van der Waals surface area contributed by atoms with Gasteiger partial charge in [0.15, 0.2) is 0 Å². The number of nitrogens with one attached hydrogen (secondary N) is 1. The minimum atomic E-state index is 0.0744. The van der Waals surface area contributed by atoms with E-state index in [-0.39, 0.29) is 5.54 Å². The van der Waals surface area contributed by atoms with Gasteiger partial charge in [0.1, 0.15) is 0 Å². The number of ether oxygens (including phenoxy) is 1. The molecule has 0 aromatic heterocycles. The van der Waals surface area contributed by atoms with Crippen molar-refractivity contribution < 1.29 is 4.74 Å². The van der Waals surface area contributed by atoms with Crippen LogP contribution in [-0.2, 0) is 4.74 Å². The van der Waals surface area contributed by atoms with Crippen LogP contribution in [0.5, 0.6) is 0 Å². The third kappa shape index (κ3) is 4.37. The Morgan fingerprint density at radius 2 is 2.06 bits per heavy atom. The van der Waals surface area contributed by atoms with Crippen LogP contribution in [0.3, 0.4) is 0 Å². The fourth-order valence-corrected chi connectivity index (χ4v) is 2.87. The topological polar surface area (TPSA) is 24.5 Å². The summed E-state index contributed by atoms with van der Waals surface area (Å²) in [6.45, 7) is 12.7. The van der Waals surface area contributed by atoms with Crippen molar-refractivity contribution in [1.29, 1.82) is 0 Å². The lowest BCUT2D eigenvalue weighted by molar-refractivity contribution is -0.0399. The van der Waals surface area contributed by atoms with Gasteiger partial charge in [-0.3, -0.25) is 4.90 Å². The van der Waals surface area contributed by atoms with Crippen LogP contribution in [0.2, 0.25) is 0 Å². The highest BCUT2D eigenvalue weighted by atomic mass is 35.5. The van der Waals surface area contributed by atoms with E-state index in [0.29, 0.717) is 18.0 Å². The summed E-state index contributed by atoms with van der Waals surface area (Å²) < 4.78 is 5.84. The fourth-order valence-electron chi connectivity index (χ4n) is 2.40. The highest BCUT2D eigenvalue weighted by Crippen LogP contribution is 2.17. The number of rotatable bonds is 7. The van der Waals surface area contributed by atoms with Crippen molar-refractivity contribution in [2.45, 2.75) is 58.2 Å². The summed E-state index contributed by atoms with van der Waals surface area (Å²) in [6, 6.07) is 0.603. The average molecular weight is 277 g/mol. The molecule has 1 fully saturated rings. The molecule has 108 valence electrons. The van der Waals surface area contributed by atoms with Crippen molar-refractivity contribution in [3.63, 3.8) is 0 Å². The van der Waals surface area contributed by atoms with Gasteiger partial charge in [0.2, 0.25) is 0 Å². The molecule has 3 nitrogen and oxygen atoms in total. The maximum Gasteiger partial charge on any atom is 0.0827 e. The molecule has 0 aromatic rings. The standard InChI is InChI=1S/C14H29ClN2O/c1-5-14(6-2,11-15)16-9-13-10-17(12(3)4)7-8-18-13/h12-13,16H,5-11H2,1-4H3. The molecule has 0 radical (unpaired) electrons. The molecule has 1 heterocycles. The van der Waals surface area contributed by atoms with Gasteiger partial charge in [0.05, 0.1) is 12.7 Å². The van der Waals surface area contributed by atoms with E-state index < -0.39 is 0 Å². The summed E-state index contributed by atoms with van der Waals surface area (Å²) in [4.78, 5) is 2.48. The number of hydrogen-bond acceptors (Lipinski definition) is 3. The van der Waals surface area contributed by atoms with E-state index >= 15 is 0 Å². The van der Waals surface area contributed by atoms with Crippen LogP contribution in [0.15, 0.2) is 0 Å². The Morgan fingerprint density at radius 3 is 2.56 bits per heavy atom. The minimum Gasteiger partial charge on any atom is -0.374 e. The van der Waals surface area contributed by atoms with E-state index in [9.17, 15) is 0 Å². The zero-order valence-corrected chi connectivity index (χ0v) is 13.1. The van der Waals surface area contributed by atoms with E-state index in [0.717, 1.165) is 39.1 Å². The van der Waals surface area contributed by atoms with Crippen LogP contribution < -0.4 is 5.32 Å². The van der Waals surface area contributed by atoms with Crippen LogP contribution >= 0.6 is 11.6 Å². The number of hydrogen-bond donors (Lipinski definition) is 1. The zero-order valence-electron chi connectivity index (χ0n) is 12.3. The second kappa shape index (κ2) is 7.68. The largest absolute Gasteiger partial charge is 0.374 e. The highest BCUT2D eigenvalue weighted by molar-refractivity contribution is 6.18. The molecule has 1 rings (SSSR count).